The molecule has 0 unspecified atom stereocenters. The Hall–Kier alpha value is -2.37. The zero-order valence-electron chi connectivity index (χ0n) is 14.0. The van der Waals surface area contributed by atoms with Crippen LogP contribution >= 0.6 is 0 Å². The zero-order valence-corrected chi connectivity index (χ0v) is 14.0. The minimum atomic E-state index is -0.276. The molecule has 0 spiro atoms. The number of carbonyl (C=O) groups is 3. The highest BCUT2D eigenvalue weighted by Gasteiger charge is 2.44. The first kappa shape index (κ1) is 16.5. The van der Waals surface area contributed by atoms with E-state index in [4.69, 9.17) is 0 Å². The average molecular weight is 329 g/mol. The predicted octanol–water partition coefficient (Wildman–Crippen LogP) is 1.51. The monoisotopic (exact) mass is 329 g/mol. The van der Waals surface area contributed by atoms with Gasteiger partial charge in [-0.1, -0.05) is 30.3 Å². The smallest absolute Gasteiger partial charge is 0.326 e. The van der Waals surface area contributed by atoms with Gasteiger partial charge in [-0.3, -0.25) is 14.5 Å². The van der Waals surface area contributed by atoms with Crippen molar-refractivity contribution in [2.75, 3.05) is 26.7 Å². The van der Waals surface area contributed by atoms with E-state index >= 15 is 0 Å². The van der Waals surface area contributed by atoms with E-state index in [1.165, 1.54) is 15.4 Å². The van der Waals surface area contributed by atoms with Gasteiger partial charge < -0.3 is 10.2 Å². The molecule has 0 radical (unpaired) electrons. The van der Waals surface area contributed by atoms with Gasteiger partial charge in [0.25, 0.3) is 0 Å². The van der Waals surface area contributed by atoms with E-state index in [1.807, 2.05) is 18.2 Å². The van der Waals surface area contributed by atoms with Crippen LogP contribution in [0.1, 0.15) is 31.2 Å². The SMILES string of the molecule is CN1CC(=O)N(CCCC(=O)NCC2(c3ccccc3)CC2)C1=O. The van der Waals surface area contributed by atoms with Crippen LogP contribution in [0.3, 0.4) is 0 Å². The highest BCUT2D eigenvalue weighted by Crippen LogP contribution is 2.47. The van der Waals surface area contributed by atoms with Crippen LogP contribution < -0.4 is 5.32 Å². The summed E-state index contributed by atoms with van der Waals surface area (Å²) >= 11 is 0. The number of nitrogens with zero attached hydrogens (tertiary/aromatic N) is 2. The Morgan fingerprint density at radius 2 is 1.92 bits per heavy atom. The van der Waals surface area contributed by atoms with E-state index in [-0.39, 0.29) is 29.8 Å². The molecule has 1 aromatic rings. The number of imide groups is 1. The number of nitrogens with one attached hydrogen (secondary N) is 1. The van der Waals surface area contributed by atoms with Crippen molar-refractivity contribution in [1.29, 1.82) is 0 Å². The van der Waals surface area contributed by atoms with Crippen molar-refractivity contribution in [3.63, 3.8) is 0 Å². The number of likely N-dealkylation sites (N-methyl/N-ethyl adjacent to an activating group) is 1. The van der Waals surface area contributed by atoms with E-state index in [0.29, 0.717) is 25.9 Å². The van der Waals surface area contributed by atoms with Gasteiger partial charge in [0.2, 0.25) is 11.8 Å². The van der Waals surface area contributed by atoms with Crippen LogP contribution in [0.15, 0.2) is 30.3 Å². The molecular formula is C18H23N3O3. The molecule has 1 aliphatic heterocycles. The molecule has 1 N–H and O–H groups in total. The van der Waals surface area contributed by atoms with Crippen LogP contribution in [0.4, 0.5) is 4.79 Å². The Bertz CT molecular complexity index is 640. The molecule has 1 heterocycles. The van der Waals surface area contributed by atoms with Crippen molar-refractivity contribution in [2.45, 2.75) is 31.1 Å². The van der Waals surface area contributed by atoms with Crippen molar-refractivity contribution in [3.05, 3.63) is 35.9 Å². The number of urea groups is 1. The normalized spacial score (nSPS) is 18.9. The van der Waals surface area contributed by atoms with E-state index in [9.17, 15) is 14.4 Å². The molecule has 0 atom stereocenters. The molecule has 1 aromatic carbocycles. The summed E-state index contributed by atoms with van der Waals surface area (Å²) in [7, 11) is 1.60. The number of hydrogen-bond acceptors (Lipinski definition) is 3. The van der Waals surface area contributed by atoms with Crippen molar-refractivity contribution in [1.82, 2.24) is 15.1 Å². The summed E-state index contributed by atoms with van der Waals surface area (Å²) in [6.45, 7) is 1.09. The summed E-state index contributed by atoms with van der Waals surface area (Å²) in [5, 5.41) is 3.00. The molecular weight excluding hydrogens is 306 g/mol. The van der Waals surface area contributed by atoms with Gasteiger partial charge in [0.15, 0.2) is 0 Å². The molecule has 2 fully saturated rings. The lowest BCUT2D eigenvalue weighted by molar-refractivity contribution is -0.126. The zero-order chi connectivity index (χ0) is 17.2. The lowest BCUT2D eigenvalue weighted by Gasteiger charge is -2.17. The van der Waals surface area contributed by atoms with Crippen LogP contribution in [0, 0.1) is 0 Å². The van der Waals surface area contributed by atoms with Gasteiger partial charge in [0.05, 0.1) is 0 Å². The quantitative estimate of drug-likeness (QED) is 0.771. The summed E-state index contributed by atoms with van der Waals surface area (Å²) in [6.07, 6.45) is 3.02. The van der Waals surface area contributed by atoms with Crippen LogP contribution in [0.5, 0.6) is 0 Å². The molecule has 128 valence electrons. The van der Waals surface area contributed by atoms with Gasteiger partial charge in [-0.05, 0) is 24.8 Å². The number of hydrogen-bond donors (Lipinski definition) is 1. The third-order valence-electron chi connectivity index (χ3n) is 4.88. The van der Waals surface area contributed by atoms with E-state index in [0.717, 1.165) is 12.8 Å². The second-order valence-corrected chi connectivity index (χ2v) is 6.71. The second kappa shape index (κ2) is 6.63. The Kier molecular flexibility index (Phi) is 4.55. The molecule has 3 rings (SSSR count). The van der Waals surface area contributed by atoms with Crippen molar-refractivity contribution in [3.8, 4) is 0 Å². The van der Waals surface area contributed by atoms with E-state index < -0.39 is 0 Å². The summed E-state index contributed by atoms with van der Waals surface area (Å²) in [5.74, 6) is -0.214. The molecule has 2 aliphatic rings. The highest BCUT2D eigenvalue weighted by molar-refractivity contribution is 6.01. The van der Waals surface area contributed by atoms with Crippen LogP contribution in [0.2, 0.25) is 0 Å². The fourth-order valence-electron chi connectivity index (χ4n) is 3.15. The highest BCUT2D eigenvalue weighted by atomic mass is 16.2. The first-order chi connectivity index (χ1) is 11.5. The number of rotatable bonds is 7. The molecule has 1 aliphatic carbocycles. The largest absolute Gasteiger partial charge is 0.355 e. The molecule has 0 aromatic heterocycles. The van der Waals surface area contributed by atoms with Gasteiger partial charge in [-0.2, -0.15) is 0 Å². The second-order valence-electron chi connectivity index (χ2n) is 6.71. The molecule has 24 heavy (non-hydrogen) atoms. The number of amides is 4. The Morgan fingerprint density at radius 3 is 2.50 bits per heavy atom. The molecule has 1 saturated heterocycles. The summed E-state index contributed by atoms with van der Waals surface area (Å²) in [4.78, 5) is 38.1. The summed E-state index contributed by atoms with van der Waals surface area (Å²) in [5.41, 5.74) is 1.38. The molecule has 0 bridgehead atoms. The maximum Gasteiger partial charge on any atom is 0.326 e. The van der Waals surface area contributed by atoms with Crippen molar-refractivity contribution >= 4 is 17.8 Å². The fraction of sp³-hybridized carbons (Fsp3) is 0.500. The first-order valence-electron chi connectivity index (χ1n) is 8.39. The standard InChI is InChI=1S/C18H23N3O3/c1-20-12-16(23)21(17(20)24)11-5-8-15(22)19-13-18(9-10-18)14-6-3-2-4-7-14/h2-4,6-7H,5,8-13H2,1H3,(H,19,22). The molecule has 6 nitrogen and oxygen atoms in total. The number of benzene rings is 1. The molecule has 4 amide bonds. The van der Waals surface area contributed by atoms with Gasteiger partial charge in [0.1, 0.15) is 6.54 Å². The maximum absolute atomic E-state index is 12.0. The minimum Gasteiger partial charge on any atom is -0.355 e. The summed E-state index contributed by atoms with van der Waals surface area (Å²) < 4.78 is 0. The number of carbonyl (C=O) groups excluding carboxylic acids is 3. The Balaban J connectivity index is 1.41. The first-order valence-corrected chi connectivity index (χ1v) is 8.39. The van der Waals surface area contributed by atoms with Gasteiger partial charge in [0, 0.05) is 32.0 Å². The average Bonchev–Trinajstić information content (AvgIpc) is 3.33. The topological polar surface area (TPSA) is 69.7 Å². The molecule has 6 heteroatoms. The van der Waals surface area contributed by atoms with E-state index in [2.05, 4.69) is 17.4 Å². The lowest BCUT2D eigenvalue weighted by atomic mass is 9.96. The predicted molar refractivity (Wildman–Crippen MR) is 89.3 cm³/mol. The van der Waals surface area contributed by atoms with Gasteiger partial charge in [-0.25, -0.2) is 4.79 Å². The summed E-state index contributed by atoms with van der Waals surface area (Å²) in [6, 6.07) is 10.00. The Labute approximate surface area is 141 Å². The van der Waals surface area contributed by atoms with Crippen LogP contribution in [0.25, 0.3) is 0 Å². The minimum absolute atomic E-state index is 0.0235. The van der Waals surface area contributed by atoms with Crippen LogP contribution in [-0.2, 0) is 15.0 Å². The lowest BCUT2D eigenvalue weighted by Crippen LogP contribution is -2.35. The van der Waals surface area contributed by atoms with E-state index in [1.54, 1.807) is 7.05 Å². The van der Waals surface area contributed by atoms with Crippen LogP contribution in [-0.4, -0.2) is 54.3 Å². The van der Waals surface area contributed by atoms with Crippen molar-refractivity contribution in [2.24, 2.45) is 0 Å². The third kappa shape index (κ3) is 3.42. The fourth-order valence-corrected chi connectivity index (χ4v) is 3.15. The molecule has 1 saturated carbocycles. The Morgan fingerprint density at radius 1 is 1.21 bits per heavy atom. The van der Waals surface area contributed by atoms with Gasteiger partial charge in [-0.15, -0.1) is 0 Å². The third-order valence-corrected chi connectivity index (χ3v) is 4.88. The maximum atomic E-state index is 12.0. The van der Waals surface area contributed by atoms with Crippen molar-refractivity contribution < 1.29 is 14.4 Å². The van der Waals surface area contributed by atoms with Gasteiger partial charge >= 0.3 is 6.03 Å².